The molecule has 0 saturated heterocycles. The van der Waals surface area contributed by atoms with Crippen LogP contribution in [0, 0.1) is 0 Å². The second-order valence-corrected chi connectivity index (χ2v) is 8.39. The van der Waals surface area contributed by atoms with Crippen LogP contribution in [0.15, 0.2) is 11.2 Å². The number of anilines is 1. The summed E-state index contributed by atoms with van der Waals surface area (Å²) in [6.45, 7) is 0. The minimum Gasteiger partial charge on any atom is -0.323 e. The van der Waals surface area contributed by atoms with Crippen molar-refractivity contribution in [2.75, 3.05) is 11.1 Å². The van der Waals surface area contributed by atoms with E-state index < -0.39 is 0 Å². The quantitative estimate of drug-likeness (QED) is 0.475. The molecule has 0 bridgehead atoms. The number of carbonyl (C=O) groups excluding carboxylic acids is 1. The third kappa shape index (κ3) is 4.57. The van der Waals surface area contributed by atoms with Crippen molar-refractivity contribution >= 4 is 69.8 Å². The van der Waals surface area contributed by atoms with E-state index in [4.69, 9.17) is 46.4 Å². The van der Waals surface area contributed by atoms with Gasteiger partial charge in [0.15, 0.2) is 0 Å². The third-order valence-corrected chi connectivity index (χ3v) is 6.60. The van der Waals surface area contributed by atoms with Crippen LogP contribution in [0.2, 0.25) is 20.1 Å². The molecule has 11 heteroatoms. The van der Waals surface area contributed by atoms with Crippen molar-refractivity contribution in [2.45, 2.75) is 43.3 Å². The summed E-state index contributed by atoms with van der Waals surface area (Å²) < 4.78 is 1.81. The molecule has 6 nitrogen and oxygen atoms in total. The maximum absolute atomic E-state index is 12.3. The summed E-state index contributed by atoms with van der Waals surface area (Å²) in [6, 6.07) is 1.72. The Bertz CT molecular complexity index is 783. The number of carbonyl (C=O) groups is 1. The lowest BCUT2D eigenvalue weighted by atomic mass is 9.96. The summed E-state index contributed by atoms with van der Waals surface area (Å²) in [4.78, 5) is 12.3. The molecule has 1 aromatic heterocycles. The minimum absolute atomic E-state index is 0.101. The van der Waals surface area contributed by atoms with E-state index in [-0.39, 0.29) is 37.4 Å². The number of halogens is 4. The van der Waals surface area contributed by atoms with Crippen LogP contribution in [-0.4, -0.2) is 31.9 Å². The highest BCUT2D eigenvalue weighted by molar-refractivity contribution is 7.99. The highest BCUT2D eigenvalue weighted by Gasteiger charge is 2.21. The van der Waals surface area contributed by atoms with Crippen LogP contribution in [-0.2, 0) is 4.79 Å². The second-order valence-electron chi connectivity index (χ2n) is 5.88. The van der Waals surface area contributed by atoms with E-state index in [9.17, 15) is 4.79 Å². The molecule has 0 atom stereocenters. The van der Waals surface area contributed by atoms with Gasteiger partial charge in [0.2, 0.25) is 11.1 Å². The lowest BCUT2D eigenvalue weighted by Gasteiger charge is -2.21. The van der Waals surface area contributed by atoms with Crippen LogP contribution < -0.4 is 5.32 Å². The van der Waals surface area contributed by atoms with E-state index >= 15 is 0 Å². The number of benzene rings is 1. The van der Waals surface area contributed by atoms with Gasteiger partial charge in [0.1, 0.15) is 0 Å². The van der Waals surface area contributed by atoms with Crippen LogP contribution >= 0.6 is 58.2 Å². The lowest BCUT2D eigenvalue weighted by molar-refractivity contribution is -0.113. The molecule has 1 aliphatic carbocycles. The SMILES string of the molecule is O=C(CSc1nnnn1C1CCCCC1)Nc1c(Cl)c(Cl)cc(Cl)c1Cl. The van der Waals surface area contributed by atoms with Gasteiger partial charge in [-0.2, -0.15) is 0 Å². The number of nitrogens with zero attached hydrogens (tertiary/aromatic N) is 4. The number of hydrogen-bond donors (Lipinski definition) is 1. The number of rotatable bonds is 5. The zero-order valence-electron chi connectivity index (χ0n) is 13.5. The van der Waals surface area contributed by atoms with E-state index in [1.54, 1.807) is 0 Å². The molecule has 1 heterocycles. The van der Waals surface area contributed by atoms with Crippen LogP contribution in [0.5, 0.6) is 0 Å². The molecule has 0 unspecified atom stereocenters. The molecule has 2 aromatic rings. The van der Waals surface area contributed by atoms with E-state index in [0.29, 0.717) is 11.2 Å². The van der Waals surface area contributed by atoms with Crippen molar-refractivity contribution in [1.29, 1.82) is 0 Å². The molecule has 3 rings (SSSR count). The van der Waals surface area contributed by atoms with Crippen molar-refractivity contribution in [3.8, 4) is 0 Å². The minimum atomic E-state index is -0.310. The van der Waals surface area contributed by atoms with E-state index in [2.05, 4.69) is 20.8 Å². The largest absolute Gasteiger partial charge is 0.323 e. The summed E-state index contributed by atoms with van der Waals surface area (Å²) in [7, 11) is 0. The van der Waals surface area contributed by atoms with Crippen molar-refractivity contribution in [2.24, 2.45) is 0 Å². The summed E-state index contributed by atoms with van der Waals surface area (Å²) in [5.41, 5.74) is 0.198. The summed E-state index contributed by atoms with van der Waals surface area (Å²) in [5, 5.41) is 15.8. The maximum Gasteiger partial charge on any atom is 0.234 e. The molecule has 26 heavy (non-hydrogen) atoms. The molecule has 0 spiro atoms. The van der Waals surface area contributed by atoms with Gasteiger partial charge in [0, 0.05) is 0 Å². The Morgan fingerprint density at radius 3 is 2.46 bits per heavy atom. The van der Waals surface area contributed by atoms with Gasteiger partial charge in [0.25, 0.3) is 0 Å². The van der Waals surface area contributed by atoms with Gasteiger partial charge in [-0.05, 0) is 29.3 Å². The van der Waals surface area contributed by atoms with Crippen molar-refractivity contribution in [3.05, 3.63) is 26.2 Å². The molecule has 140 valence electrons. The Kier molecular flexibility index (Phi) is 6.91. The van der Waals surface area contributed by atoms with E-state index in [0.717, 1.165) is 12.8 Å². The highest BCUT2D eigenvalue weighted by atomic mass is 35.5. The molecule has 1 aliphatic rings. The first-order valence-electron chi connectivity index (χ1n) is 8.01. The number of hydrogen-bond acceptors (Lipinski definition) is 5. The molecule has 1 saturated carbocycles. The Hall–Kier alpha value is -0.730. The maximum atomic E-state index is 12.3. The molecule has 1 amide bonds. The van der Waals surface area contributed by atoms with Crippen LogP contribution in [0.4, 0.5) is 5.69 Å². The van der Waals surface area contributed by atoms with E-state index in [1.165, 1.54) is 37.1 Å². The predicted octanol–water partition coefficient (Wildman–Crippen LogP) is 5.52. The van der Waals surface area contributed by atoms with Crippen LogP contribution in [0.3, 0.4) is 0 Å². The molecular formula is C15H15Cl4N5OS. The van der Waals surface area contributed by atoms with Gasteiger partial charge in [0.05, 0.1) is 37.6 Å². The van der Waals surface area contributed by atoms with Gasteiger partial charge in [-0.15, -0.1) is 5.10 Å². The fraction of sp³-hybridized carbons (Fsp3) is 0.467. The number of aromatic nitrogens is 4. The normalized spacial score (nSPS) is 15.2. The third-order valence-electron chi connectivity index (χ3n) is 4.09. The first-order chi connectivity index (χ1) is 12.5. The van der Waals surface area contributed by atoms with Gasteiger partial charge < -0.3 is 5.32 Å². The Labute approximate surface area is 174 Å². The molecule has 1 aromatic carbocycles. The van der Waals surface area contributed by atoms with Gasteiger partial charge in [-0.1, -0.05) is 77.4 Å². The van der Waals surface area contributed by atoms with Gasteiger partial charge in [-0.3, -0.25) is 4.79 Å². The van der Waals surface area contributed by atoms with Gasteiger partial charge >= 0.3 is 0 Å². The van der Waals surface area contributed by atoms with Crippen molar-refractivity contribution in [1.82, 2.24) is 20.2 Å². The molecular weight excluding hydrogens is 440 g/mol. The topological polar surface area (TPSA) is 72.7 Å². The summed E-state index contributed by atoms with van der Waals surface area (Å²) in [5.74, 6) is -0.209. The average Bonchev–Trinajstić information content (AvgIpc) is 3.11. The van der Waals surface area contributed by atoms with Gasteiger partial charge in [-0.25, -0.2) is 4.68 Å². The zero-order chi connectivity index (χ0) is 18.7. The highest BCUT2D eigenvalue weighted by Crippen LogP contribution is 2.41. The zero-order valence-corrected chi connectivity index (χ0v) is 17.4. The first kappa shape index (κ1) is 20.0. The predicted molar refractivity (Wildman–Crippen MR) is 106 cm³/mol. The Morgan fingerprint density at radius 1 is 1.15 bits per heavy atom. The average molecular weight is 455 g/mol. The second kappa shape index (κ2) is 8.97. The van der Waals surface area contributed by atoms with Crippen LogP contribution in [0.25, 0.3) is 0 Å². The standard InChI is InChI=1S/C15H15Cl4N5OS/c16-9-6-10(17)13(19)14(12(9)18)20-11(25)7-26-15-21-22-23-24(15)8-4-2-1-3-5-8/h6,8H,1-5,7H2,(H,20,25). The number of amides is 1. The molecule has 0 radical (unpaired) electrons. The number of thioether (sulfide) groups is 1. The Balaban J connectivity index is 1.65. The summed E-state index contributed by atoms with van der Waals surface area (Å²) in [6.07, 6.45) is 5.69. The van der Waals surface area contributed by atoms with E-state index in [1.807, 2.05) is 4.68 Å². The number of nitrogens with one attached hydrogen (secondary N) is 1. The fourth-order valence-corrected chi connectivity index (χ4v) is 4.47. The Morgan fingerprint density at radius 2 is 1.81 bits per heavy atom. The first-order valence-corrected chi connectivity index (χ1v) is 10.5. The molecule has 1 fully saturated rings. The lowest BCUT2D eigenvalue weighted by Crippen LogP contribution is -2.18. The summed E-state index contributed by atoms with van der Waals surface area (Å²) >= 11 is 25.4. The number of tetrazole rings is 1. The smallest absolute Gasteiger partial charge is 0.234 e. The molecule has 1 N–H and O–H groups in total. The van der Waals surface area contributed by atoms with Crippen molar-refractivity contribution in [3.63, 3.8) is 0 Å². The fourth-order valence-electron chi connectivity index (χ4n) is 2.82. The van der Waals surface area contributed by atoms with Crippen molar-refractivity contribution < 1.29 is 4.79 Å². The monoisotopic (exact) mass is 453 g/mol. The molecule has 0 aliphatic heterocycles. The van der Waals surface area contributed by atoms with Crippen LogP contribution in [0.1, 0.15) is 38.1 Å².